The van der Waals surface area contributed by atoms with Crippen LogP contribution in [0.2, 0.25) is 0 Å². The Balaban J connectivity index is 2.11. The van der Waals surface area contributed by atoms with E-state index in [1.807, 2.05) is 30.3 Å². The molecule has 1 amide bonds. The van der Waals surface area contributed by atoms with E-state index >= 15 is 0 Å². The summed E-state index contributed by atoms with van der Waals surface area (Å²) in [7, 11) is 1.69. The average Bonchev–Trinajstić information content (AvgIpc) is 2.66. The SMILES string of the molecule is CCCOc1ccc(C=C2SC(=S)N(C)C2=O)cc1. The molecule has 100 valence electrons. The topological polar surface area (TPSA) is 29.5 Å². The second kappa shape index (κ2) is 6.21. The highest BCUT2D eigenvalue weighted by molar-refractivity contribution is 8.26. The van der Waals surface area contributed by atoms with Gasteiger partial charge in [0.1, 0.15) is 10.1 Å². The number of ether oxygens (including phenoxy) is 1. The summed E-state index contributed by atoms with van der Waals surface area (Å²) in [5.74, 6) is 0.809. The fraction of sp³-hybridized carbons (Fsp3) is 0.286. The Kier molecular flexibility index (Phi) is 4.61. The van der Waals surface area contributed by atoms with Gasteiger partial charge in [0.25, 0.3) is 5.91 Å². The van der Waals surface area contributed by atoms with Gasteiger partial charge in [-0.1, -0.05) is 43.0 Å². The Morgan fingerprint density at radius 1 is 1.37 bits per heavy atom. The summed E-state index contributed by atoms with van der Waals surface area (Å²) >= 11 is 6.42. The van der Waals surface area contributed by atoms with Crippen LogP contribution in [0.4, 0.5) is 0 Å². The second-order valence-electron chi connectivity index (χ2n) is 4.16. The minimum absolute atomic E-state index is 0.0405. The van der Waals surface area contributed by atoms with E-state index in [0.29, 0.717) is 15.8 Å². The van der Waals surface area contributed by atoms with Gasteiger partial charge in [-0.25, -0.2) is 0 Å². The van der Waals surface area contributed by atoms with Gasteiger partial charge >= 0.3 is 0 Å². The maximum atomic E-state index is 11.9. The minimum atomic E-state index is -0.0405. The zero-order chi connectivity index (χ0) is 13.8. The Bertz CT molecular complexity index is 523. The van der Waals surface area contributed by atoms with Gasteiger partial charge in [0, 0.05) is 7.05 Å². The van der Waals surface area contributed by atoms with Crippen LogP contribution in [0.3, 0.4) is 0 Å². The van der Waals surface area contributed by atoms with Crippen molar-refractivity contribution in [1.82, 2.24) is 4.90 Å². The number of thiocarbonyl (C=S) groups is 1. The summed E-state index contributed by atoms with van der Waals surface area (Å²) < 4.78 is 6.11. The van der Waals surface area contributed by atoms with Crippen molar-refractivity contribution < 1.29 is 9.53 Å². The summed E-state index contributed by atoms with van der Waals surface area (Å²) in [5, 5.41) is 0. The molecule has 1 aromatic carbocycles. The van der Waals surface area contributed by atoms with Crippen LogP contribution in [-0.4, -0.2) is 28.8 Å². The molecule has 1 fully saturated rings. The smallest absolute Gasteiger partial charge is 0.265 e. The van der Waals surface area contributed by atoms with Crippen LogP contribution >= 0.6 is 24.0 Å². The molecule has 1 heterocycles. The Hall–Kier alpha value is -1.33. The van der Waals surface area contributed by atoms with Crippen molar-refractivity contribution in [3.63, 3.8) is 0 Å². The van der Waals surface area contributed by atoms with Crippen LogP contribution in [-0.2, 0) is 4.79 Å². The molecule has 0 atom stereocenters. The van der Waals surface area contributed by atoms with E-state index in [1.54, 1.807) is 7.05 Å². The molecule has 19 heavy (non-hydrogen) atoms. The number of amides is 1. The number of carbonyl (C=O) groups is 1. The number of hydrogen-bond donors (Lipinski definition) is 0. The van der Waals surface area contributed by atoms with Crippen LogP contribution in [0.5, 0.6) is 5.75 Å². The summed E-state index contributed by atoms with van der Waals surface area (Å²) in [6.45, 7) is 2.79. The molecule has 0 unspecified atom stereocenters. The highest BCUT2D eigenvalue weighted by Gasteiger charge is 2.28. The van der Waals surface area contributed by atoms with E-state index in [1.165, 1.54) is 16.7 Å². The monoisotopic (exact) mass is 293 g/mol. The molecule has 0 bridgehead atoms. The first-order valence-corrected chi connectivity index (χ1v) is 7.28. The lowest BCUT2D eigenvalue weighted by Crippen LogP contribution is -2.22. The fourth-order valence-electron chi connectivity index (χ4n) is 1.58. The molecule has 2 rings (SSSR count). The van der Waals surface area contributed by atoms with Crippen molar-refractivity contribution in [3.8, 4) is 5.75 Å². The van der Waals surface area contributed by atoms with Crippen LogP contribution in [0, 0.1) is 0 Å². The zero-order valence-corrected chi connectivity index (χ0v) is 12.5. The molecular formula is C14H15NO2S2. The van der Waals surface area contributed by atoms with Crippen LogP contribution in [0.25, 0.3) is 6.08 Å². The van der Waals surface area contributed by atoms with E-state index in [0.717, 1.165) is 17.7 Å². The highest BCUT2D eigenvalue weighted by atomic mass is 32.2. The van der Waals surface area contributed by atoms with E-state index in [9.17, 15) is 4.79 Å². The highest BCUT2D eigenvalue weighted by Crippen LogP contribution is 2.31. The number of rotatable bonds is 4. The van der Waals surface area contributed by atoms with E-state index in [4.69, 9.17) is 17.0 Å². The Morgan fingerprint density at radius 2 is 2.05 bits per heavy atom. The first-order chi connectivity index (χ1) is 9.11. The molecule has 0 radical (unpaired) electrons. The van der Waals surface area contributed by atoms with Crippen molar-refractivity contribution in [3.05, 3.63) is 34.7 Å². The predicted molar refractivity (Wildman–Crippen MR) is 83.2 cm³/mol. The number of benzene rings is 1. The summed E-state index contributed by atoms with van der Waals surface area (Å²) in [6.07, 6.45) is 2.84. The predicted octanol–water partition coefficient (Wildman–Crippen LogP) is 3.31. The number of hydrogen-bond acceptors (Lipinski definition) is 4. The third kappa shape index (κ3) is 3.36. The molecule has 1 aliphatic heterocycles. The molecule has 1 aromatic rings. The molecular weight excluding hydrogens is 278 g/mol. The number of likely N-dealkylation sites (N-methyl/N-ethyl adjacent to an activating group) is 1. The van der Waals surface area contributed by atoms with E-state index in [2.05, 4.69) is 6.92 Å². The molecule has 5 heteroatoms. The van der Waals surface area contributed by atoms with Crippen LogP contribution in [0.15, 0.2) is 29.2 Å². The molecule has 0 spiro atoms. The maximum Gasteiger partial charge on any atom is 0.265 e. The van der Waals surface area contributed by atoms with Gasteiger partial charge in [0.2, 0.25) is 0 Å². The normalized spacial score (nSPS) is 17.4. The van der Waals surface area contributed by atoms with E-state index in [-0.39, 0.29) is 5.91 Å². The van der Waals surface area contributed by atoms with Crippen LogP contribution in [0.1, 0.15) is 18.9 Å². The summed E-state index contributed by atoms with van der Waals surface area (Å²) in [5.41, 5.74) is 0.970. The minimum Gasteiger partial charge on any atom is -0.494 e. The molecule has 1 saturated heterocycles. The Morgan fingerprint density at radius 3 is 2.58 bits per heavy atom. The first kappa shape index (κ1) is 14.1. The summed E-state index contributed by atoms with van der Waals surface area (Å²) in [4.78, 5) is 14.0. The van der Waals surface area contributed by atoms with Crippen molar-refractivity contribution in [2.45, 2.75) is 13.3 Å². The third-order valence-electron chi connectivity index (χ3n) is 2.64. The number of nitrogens with zero attached hydrogens (tertiary/aromatic N) is 1. The average molecular weight is 293 g/mol. The van der Waals surface area contributed by atoms with Crippen LogP contribution < -0.4 is 4.74 Å². The van der Waals surface area contributed by atoms with Gasteiger partial charge in [0.05, 0.1) is 11.5 Å². The van der Waals surface area contributed by atoms with E-state index < -0.39 is 0 Å². The quantitative estimate of drug-likeness (QED) is 0.629. The first-order valence-electron chi connectivity index (χ1n) is 6.06. The molecule has 1 aliphatic rings. The van der Waals surface area contributed by atoms with Gasteiger partial charge in [-0.2, -0.15) is 0 Å². The molecule has 0 saturated carbocycles. The van der Waals surface area contributed by atoms with Crippen molar-refractivity contribution in [2.24, 2.45) is 0 Å². The summed E-state index contributed by atoms with van der Waals surface area (Å²) in [6, 6.07) is 7.70. The maximum absolute atomic E-state index is 11.9. The van der Waals surface area contributed by atoms with Gasteiger partial charge in [0.15, 0.2) is 0 Å². The third-order valence-corrected chi connectivity index (χ3v) is 4.12. The largest absolute Gasteiger partial charge is 0.494 e. The van der Waals surface area contributed by atoms with Gasteiger partial charge in [-0.05, 0) is 30.2 Å². The molecule has 0 aromatic heterocycles. The van der Waals surface area contributed by atoms with Crippen molar-refractivity contribution in [2.75, 3.05) is 13.7 Å². The molecule has 0 aliphatic carbocycles. The van der Waals surface area contributed by atoms with Gasteiger partial charge in [-0.15, -0.1) is 0 Å². The lowest BCUT2D eigenvalue weighted by atomic mass is 10.2. The van der Waals surface area contributed by atoms with Crippen molar-refractivity contribution >= 4 is 40.3 Å². The van der Waals surface area contributed by atoms with Gasteiger partial charge < -0.3 is 4.74 Å². The molecule has 0 N–H and O–H groups in total. The molecule has 3 nitrogen and oxygen atoms in total. The second-order valence-corrected chi connectivity index (χ2v) is 5.83. The number of carbonyl (C=O) groups excluding carboxylic acids is 1. The lowest BCUT2D eigenvalue weighted by Gasteiger charge is -2.04. The lowest BCUT2D eigenvalue weighted by molar-refractivity contribution is -0.121. The number of thioether (sulfide) groups is 1. The Labute approximate surface area is 122 Å². The zero-order valence-electron chi connectivity index (χ0n) is 10.9. The van der Waals surface area contributed by atoms with Gasteiger partial charge in [-0.3, -0.25) is 9.69 Å². The fourth-order valence-corrected chi connectivity index (χ4v) is 2.76. The standard InChI is InChI=1S/C14H15NO2S2/c1-3-8-17-11-6-4-10(5-7-11)9-12-13(16)15(2)14(18)19-12/h4-7,9H,3,8H2,1-2H3. The van der Waals surface area contributed by atoms with Crippen molar-refractivity contribution in [1.29, 1.82) is 0 Å².